The molecule has 1 aliphatic rings. The van der Waals surface area contributed by atoms with Gasteiger partial charge in [-0.3, -0.25) is 4.90 Å². The molecule has 0 saturated carbocycles. The number of anilines is 3. The van der Waals surface area contributed by atoms with Gasteiger partial charge in [-0.25, -0.2) is 4.98 Å². The average Bonchev–Trinajstić information content (AvgIpc) is 2.77. The lowest BCUT2D eigenvalue weighted by molar-refractivity contribution is 0.188. The van der Waals surface area contributed by atoms with Crippen LogP contribution in [0.2, 0.25) is 0 Å². The van der Waals surface area contributed by atoms with Gasteiger partial charge in [0, 0.05) is 32.7 Å². The van der Waals surface area contributed by atoms with Crippen molar-refractivity contribution in [3.05, 3.63) is 54.0 Å². The number of benzene rings is 1. The Morgan fingerprint density at radius 3 is 2.35 bits per heavy atom. The number of hydrogen-bond acceptors (Lipinski definition) is 9. The van der Waals surface area contributed by atoms with Gasteiger partial charge in [0.05, 0.1) is 12.8 Å². The van der Waals surface area contributed by atoms with E-state index >= 15 is 0 Å². The van der Waals surface area contributed by atoms with Crippen molar-refractivity contribution in [3.8, 4) is 11.5 Å². The van der Waals surface area contributed by atoms with E-state index in [0.717, 1.165) is 31.9 Å². The van der Waals surface area contributed by atoms with Crippen LogP contribution in [0, 0.1) is 13.8 Å². The van der Waals surface area contributed by atoms with Gasteiger partial charge < -0.3 is 20.1 Å². The van der Waals surface area contributed by atoms with Crippen molar-refractivity contribution in [2.45, 2.75) is 13.8 Å². The van der Waals surface area contributed by atoms with Crippen LogP contribution < -0.4 is 15.0 Å². The first kappa shape index (κ1) is 21.0. The molecule has 1 fully saturated rings. The third-order valence-corrected chi connectivity index (χ3v) is 5.04. The molecule has 0 unspecified atom stereocenters. The first-order valence-corrected chi connectivity index (χ1v) is 10.4. The van der Waals surface area contributed by atoms with E-state index in [1.54, 1.807) is 6.20 Å². The van der Waals surface area contributed by atoms with Crippen LogP contribution in [0.1, 0.15) is 11.4 Å². The maximum Gasteiger partial charge on any atom is 0.233 e. The highest BCUT2D eigenvalue weighted by Crippen LogP contribution is 2.23. The Balaban J connectivity index is 1.40. The Bertz CT molecular complexity index is 988. The number of aliphatic hydroxyl groups is 1. The summed E-state index contributed by atoms with van der Waals surface area (Å²) in [5, 5.41) is 12.3. The van der Waals surface area contributed by atoms with E-state index in [1.165, 1.54) is 5.56 Å². The van der Waals surface area contributed by atoms with Gasteiger partial charge >= 0.3 is 0 Å². The molecule has 0 amide bonds. The minimum atomic E-state index is 0.181. The van der Waals surface area contributed by atoms with Crippen LogP contribution in [-0.2, 0) is 0 Å². The summed E-state index contributed by atoms with van der Waals surface area (Å²) in [5.74, 6) is 3.80. The smallest absolute Gasteiger partial charge is 0.233 e. The average molecular weight is 422 g/mol. The number of aromatic nitrogens is 4. The van der Waals surface area contributed by atoms with Crippen LogP contribution in [0.5, 0.6) is 11.5 Å². The van der Waals surface area contributed by atoms with Gasteiger partial charge in [0.2, 0.25) is 11.9 Å². The van der Waals surface area contributed by atoms with Gasteiger partial charge in [0.25, 0.3) is 0 Å². The molecule has 0 bridgehead atoms. The molecule has 1 aliphatic heterocycles. The fourth-order valence-corrected chi connectivity index (χ4v) is 3.35. The number of nitrogens with zero attached hydrogens (tertiary/aromatic N) is 6. The number of aryl methyl sites for hydroxylation is 2. The lowest BCUT2D eigenvalue weighted by Gasteiger charge is -2.34. The molecular formula is C22H27N7O2. The lowest BCUT2D eigenvalue weighted by Crippen LogP contribution is -2.47. The zero-order chi connectivity index (χ0) is 21.6. The lowest BCUT2D eigenvalue weighted by atomic mass is 10.2. The summed E-state index contributed by atoms with van der Waals surface area (Å²) in [7, 11) is 0. The Labute approximate surface area is 181 Å². The Morgan fingerprint density at radius 2 is 1.68 bits per heavy atom. The molecule has 3 aromatic rings. The summed E-state index contributed by atoms with van der Waals surface area (Å²) in [6.45, 7) is 8.14. The molecule has 1 aromatic carbocycles. The number of rotatable bonds is 7. The molecule has 4 rings (SSSR count). The topological polar surface area (TPSA) is 99.5 Å². The first-order chi connectivity index (χ1) is 15.1. The van der Waals surface area contributed by atoms with E-state index in [-0.39, 0.29) is 6.61 Å². The van der Waals surface area contributed by atoms with Crippen molar-refractivity contribution in [1.29, 1.82) is 0 Å². The number of pyridine rings is 1. The first-order valence-electron chi connectivity index (χ1n) is 10.4. The Kier molecular flexibility index (Phi) is 6.54. The standard InChI is InChI=1S/C22H27N7O2/c1-16-3-5-18(6-4-16)31-19-7-8-20(23-15-19)26-21-24-17(2)25-22(27-21)29-11-9-28(10-12-29)13-14-30/h3-8,15,30H,9-14H2,1-2H3,(H,23,24,25,26,27). The number of ether oxygens (including phenoxy) is 1. The van der Waals surface area contributed by atoms with E-state index in [9.17, 15) is 0 Å². The van der Waals surface area contributed by atoms with E-state index in [1.807, 2.05) is 50.2 Å². The molecule has 0 atom stereocenters. The summed E-state index contributed by atoms with van der Waals surface area (Å²) in [6, 6.07) is 11.6. The quantitative estimate of drug-likeness (QED) is 0.596. The predicted octanol–water partition coefficient (Wildman–Crippen LogP) is 2.53. The molecule has 9 nitrogen and oxygen atoms in total. The fraction of sp³-hybridized carbons (Fsp3) is 0.364. The van der Waals surface area contributed by atoms with Crippen LogP contribution in [0.15, 0.2) is 42.6 Å². The van der Waals surface area contributed by atoms with Crippen molar-refractivity contribution in [2.75, 3.05) is 49.5 Å². The summed E-state index contributed by atoms with van der Waals surface area (Å²) >= 11 is 0. The maximum absolute atomic E-state index is 9.10. The molecule has 2 N–H and O–H groups in total. The summed E-state index contributed by atoms with van der Waals surface area (Å²) in [6.07, 6.45) is 1.66. The van der Waals surface area contributed by atoms with Gasteiger partial charge in [0.1, 0.15) is 23.1 Å². The van der Waals surface area contributed by atoms with Crippen LogP contribution in [0.3, 0.4) is 0 Å². The highest BCUT2D eigenvalue weighted by atomic mass is 16.5. The number of nitrogens with one attached hydrogen (secondary N) is 1. The zero-order valence-electron chi connectivity index (χ0n) is 17.8. The highest BCUT2D eigenvalue weighted by molar-refractivity contribution is 5.50. The second kappa shape index (κ2) is 9.67. The van der Waals surface area contributed by atoms with Gasteiger partial charge in [0.15, 0.2) is 0 Å². The minimum absolute atomic E-state index is 0.181. The van der Waals surface area contributed by atoms with E-state index in [2.05, 4.69) is 35.1 Å². The van der Waals surface area contributed by atoms with E-state index < -0.39 is 0 Å². The second-order valence-electron chi connectivity index (χ2n) is 7.48. The van der Waals surface area contributed by atoms with Crippen molar-refractivity contribution >= 4 is 17.7 Å². The SMILES string of the molecule is Cc1ccc(Oc2ccc(Nc3nc(C)nc(N4CCN(CCO)CC4)n3)nc2)cc1. The maximum atomic E-state index is 9.10. The molecule has 3 heterocycles. The Morgan fingerprint density at radius 1 is 0.935 bits per heavy atom. The van der Waals surface area contributed by atoms with Crippen LogP contribution >= 0.6 is 0 Å². The molecule has 0 radical (unpaired) electrons. The number of hydrogen-bond donors (Lipinski definition) is 2. The van der Waals surface area contributed by atoms with Gasteiger partial charge in [-0.05, 0) is 38.1 Å². The summed E-state index contributed by atoms with van der Waals surface area (Å²) in [4.78, 5) is 22.2. The predicted molar refractivity (Wildman–Crippen MR) is 119 cm³/mol. The van der Waals surface area contributed by atoms with Crippen LogP contribution in [0.4, 0.5) is 17.7 Å². The molecule has 1 saturated heterocycles. The van der Waals surface area contributed by atoms with E-state index in [4.69, 9.17) is 9.84 Å². The zero-order valence-corrected chi connectivity index (χ0v) is 17.8. The largest absolute Gasteiger partial charge is 0.456 e. The van der Waals surface area contributed by atoms with Crippen molar-refractivity contribution in [3.63, 3.8) is 0 Å². The monoisotopic (exact) mass is 421 g/mol. The fourth-order valence-electron chi connectivity index (χ4n) is 3.35. The van der Waals surface area contributed by atoms with Crippen molar-refractivity contribution < 1.29 is 9.84 Å². The molecule has 31 heavy (non-hydrogen) atoms. The highest BCUT2D eigenvalue weighted by Gasteiger charge is 2.19. The van der Waals surface area contributed by atoms with Gasteiger partial charge in [-0.1, -0.05) is 17.7 Å². The van der Waals surface area contributed by atoms with Crippen LogP contribution in [-0.4, -0.2) is 69.3 Å². The molecule has 0 aliphatic carbocycles. The third kappa shape index (κ3) is 5.65. The molecule has 2 aromatic heterocycles. The number of β-amino-alcohol motifs (C(OH)–C–C–N with tert-alkyl or cyclic N) is 1. The van der Waals surface area contributed by atoms with Crippen molar-refractivity contribution in [1.82, 2.24) is 24.8 Å². The molecule has 0 spiro atoms. The number of piperazine rings is 1. The number of aliphatic hydroxyl groups excluding tert-OH is 1. The van der Waals surface area contributed by atoms with Gasteiger partial charge in [-0.2, -0.15) is 15.0 Å². The normalized spacial score (nSPS) is 14.5. The van der Waals surface area contributed by atoms with Gasteiger partial charge in [-0.15, -0.1) is 0 Å². The molecule has 162 valence electrons. The summed E-state index contributed by atoms with van der Waals surface area (Å²) in [5.41, 5.74) is 1.18. The molecule has 9 heteroatoms. The van der Waals surface area contributed by atoms with E-state index in [0.29, 0.717) is 35.8 Å². The minimum Gasteiger partial charge on any atom is -0.456 e. The van der Waals surface area contributed by atoms with Crippen LogP contribution in [0.25, 0.3) is 0 Å². The molecular weight excluding hydrogens is 394 g/mol. The Hall–Kier alpha value is -3.30. The second-order valence-corrected chi connectivity index (χ2v) is 7.48. The summed E-state index contributed by atoms with van der Waals surface area (Å²) < 4.78 is 5.82. The van der Waals surface area contributed by atoms with Crippen molar-refractivity contribution in [2.24, 2.45) is 0 Å². The third-order valence-electron chi connectivity index (χ3n) is 5.04.